The zero-order chi connectivity index (χ0) is 43.4. The molecule has 6 aromatic rings. The molecule has 0 saturated heterocycles. The smallest absolute Gasteiger partial charge is 0.170 e. The highest BCUT2D eigenvalue weighted by Crippen LogP contribution is 2.38. The number of aromatic nitrogens is 2. The van der Waals surface area contributed by atoms with E-state index in [1.54, 1.807) is 0 Å². The molecule has 8 rings (SSSR count). The van der Waals surface area contributed by atoms with E-state index in [2.05, 4.69) is 213 Å². The molecule has 0 spiro atoms. The van der Waals surface area contributed by atoms with Gasteiger partial charge in [-0.05, 0) is 71.2 Å². The van der Waals surface area contributed by atoms with Gasteiger partial charge in [-0.3, -0.25) is 0 Å². The number of nitrogens with zero attached hydrogens (tertiary/aromatic N) is 8. The summed E-state index contributed by atoms with van der Waals surface area (Å²) in [5, 5.41) is 0. The van der Waals surface area contributed by atoms with E-state index in [4.69, 9.17) is 0 Å². The lowest BCUT2D eigenvalue weighted by Crippen LogP contribution is -2.46. The maximum atomic E-state index is 2.68. The summed E-state index contributed by atoms with van der Waals surface area (Å²) in [6.07, 6.45) is 15.4. The topological polar surface area (TPSA) is 27.2 Å². The van der Waals surface area contributed by atoms with Gasteiger partial charge in [0.25, 0.3) is 0 Å². The molecule has 0 saturated carbocycles. The minimum atomic E-state index is 0.963. The molecule has 328 valence electrons. The van der Waals surface area contributed by atoms with Crippen molar-refractivity contribution in [1.82, 2.24) is 9.80 Å². The average Bonchev–Trinajstić information content (AvgIpc) is 3.31. The summed E-state index contributed by atoms with van der Waals surface area (Å²) in [5.41, 5.74) is 13.9. The van der Waals surface area contributed by atoms with E-state index in [0.717, 1.165) is 111 Å². The zero-order valence-electron chi connectivity index (χ0n) is 38.5. The van der Waals surface area contributed by atoms with Gasteiger partial charge in [0.1, 0.15) is 13.1 Å². The summed E-state index contributed by atoms with van der Waals surface area (Å²) >= 11 is 0. The second kappa shape index (κ2) is 21.6. The largest absolute Gasteiger partial charge is 0.377 e. The molecule has 0 fully saturated rings. The minimum Gasteiger partial charge on any atom is -0.377 e. The van der Waals surface area contributed by atoms with E-state index in [1.165, 1.54) is 56.1 Å². The maximum Gasteiger partial charge on any atom is 0.170 e. The first-order valence-electron chi connectivity index (χ1n) is 23.4. The number of benzene rings is 4. The molecule has 0 radical (unpaired) electrons. The Labute approximate surface area is 378 Å². The first kappa shape index (κ1) is 43.9. The van der Waals surface area contributed by atoms with E-state index in [9.17, 15) is 0 Å². The molecule has 2 aromatic heterocycles. The van der Waals surface area contributed by atoms with Crippen LogP contribution in [0.2, 0.25) is 0 Å². The van der Waals surface area contributed by atoms with Gasteiger partial charge in [0, 0.05) is 140 Å². The van der Waals surface area contributed by atoms with Gasteiger partial charge in [0.2, 0.25) is 0 Å². The van der Waals surface area contributed by atoms with Crippen LogP contribution in [0.25, 0.3) is 0 Å². The Bertz CT molecular complexity index is 2150. The molecule has 8 nitrogen and oxygen atoms in total. The number of hydrogen-bond acceptors (Lipinski definition) is 6. The molecular formula is C55H70N8+2. The van der Waals surface area contributed by atoms with Gasteiger partial charge in [-0.1, -0.05) is 84.9 Å². The predicted molar refractivity (Wildman–Crippen MR) is 262 cm³/mol. The third-order valence-electron chi connectivity index (χ3n) is 13.1. The molecule has 63 heavy (non-hydrogen) atoms. The molecule has 8 heteroatoms. The molecule has 2 aliphatic rings. The van der Waals surface area contributed by atoms with Crippen LogP contribution in [-0.2, 0) is 51.9 Å². The van der Waals surface area contributed by atoms with Crippen molar-refractivity contribution in [3.8, 4) is 0 Å². The van der Waals surface area contributed by atoms with Gasteiger partial charge < -0.3 is 29.4 Å². The van der Waals surface area contributed by atoms with Crippen LogP contribution in [0.5, 0.6) is 0 Å². The molecule has 0 amide bonds. The molecule has 0 aliphatic carbocycles. The molecule has 2 bridgehead atoms. The van der Waals surface area contributed by atoms with Crippen molar-refractivity contribution in [2.24, 2.45) is 0 Å². The fraction of sp³-hybridized carbons (Fsp3) is 0.382. The normalized spacial score (nSPS) is 13.0. The van der Waals surface area contributed by atoms with Crippen LogP contribution in [0.15, 0.2) is 146 Å². The summed E-state index contributed by atoms with van der Waals surface area (Å²) < 4.78 is 4.65. The van der Waals surface area contributed by atoms with Crippen LogP contribution >= 0.6 is 0 Å². The summed E-state index contributed by atoms with van der Waals surface area (Å²) in [6, 6.07) is 45.4. The third-order valence-corrected chi connectivity index (χ3v) is 13.1. The highest BCUT2D eigenvalue weighted by Gasteiger charge is 2.29. The fourth-order valence-corrected chi connectivity index (χ4v) is 9.36. The number of aryl methyl sites for hydroxylation is 2. The van der Waals surface area contributed by atoms with Crippen molar-refractivity contribution >= 4 is 22.7 Å². The van der Waals surface area contributed by atoms with Crippen molar-refractivity contribution in [2.75, 3.05) is 93.7 Å². The molecule has 0 N–H and O–H groups in total. The summed E-state index contributed by atoms with van der Waals surface area (Å²) in [5.74, 6) is 0. The highest BCUT2D eigenvalue weighted by atomic mass is 15.4. The number of pyridine rings is 2. The van der Waals surface area contributed by atoms with E-state index in [1.807, 2.05) is 0 Å². The zero-order valence-corrected chi connectivity index (χ0v) is 38.5. The molecule has 0 unspecified atom stereocenters. The Hall–Kier alpha value is -5.70. The molecule has 2 aliphatic heterocycles. The standard InChI is InChI=1S/C55H70N8/c1-56(2)52-25-37-60(38-26-52)31-11-29-58(33-21-46-13-7-5-8-14-46)35-23-48-17-19-54-50(41-48)43-62-45-63(54)44-51-42-49(18-20-55(51)62)24-36-59(34-22-47-15-9-6-10-16-47)30-12-32-61-39-27-53(28-40-61)57(3)4/h5-10,13-20,25-28,37-42H,11-12,21-24,29-36,43-45H2,1-4H3/q+2. The van der Waals surface area contributed by atoms with Crippen LogP contribution in [0, 0.1) is 0 Å². The minimum absolute atomic E-state index is 0.963. The lowest BCUT2D eigenvalue weighted by molar-refractivity contribution is -0.697. The SMILES string of the molecule is CN(C)c1cc[n+](CCCN(CCc2ccccc2)CCc2ccc3c(c2)CN2CN3Cc3cc(CCN(CCC[n+]4ccc(N(C)C)cc4)CCc4ccccc4)ccc32)cc1. The van der Waals surface area contributed by atoms with Crippen LogP contribution in [0.3, 0.4) is 0 Å². The fourth-order valence-electron chi connectivity index (χ4n) is 9.36. The lowest BCUT2D eigenvalue weighted by atomic mass is 9.97. The van der Waals surface area contributed by atoms with Crippen LogP contribution in [0.4, 0.5) is 22.7 Å². The summed E-state index contributed by atoms with van der Waals surface area (Å²) in [4.78, 5) is 14.9. The summed E-state index contributed by atoms with van der Waals surface area (Å²) in [6.45, 7) is 11.5. The Morgan fingerprint density at radius 1 is 0.429 bits per heavy atom. The monoisotopic (exact) mass is 843 g/mol. The first-order chi connectivity index (χ1) is 30.8. The van der Waals surface area contributed by atoms with Crippen molar-refractivity contribution in [3.63, 3.8) is 0 Å². The highest BCUT2D eigenvalue weighted by molar-refractivity contribution is 5.68. The second-order valence-electron chi connectivity index (χ2n) is 18.2. The van der Waals surface area contributed by atoms with E-state index < -0.39 is 0 Å². The predicted octanol–water partition coefficient (Wildman–Crippen LogP) is 8.05. The van der Waals surface area contributed by atoms with Crippen LogP contribution in [0.1, 0.15) is 46.2 Å². The van der Waals surface area contributed by atoms with E-state index in [0.29, 0.717) is 0 Å². The Morgan fingerprint density at radius 2 is 0.810 bits per heavy atom. The quantitative estimate of drug-likeness (QED) is 0.0643. The van der Waals surface area contributed by atoms with Crippen molar-refractivity contribution in [1.29, 1.82) is 0 Å². The van der Waals surface area contributed by atoms with Gasteiger partial charge in [0.05, 0.1) is 6.67 Å². The Morgan fingerprint density at radius 3 is 1.19 bits per heavy atom. The molecule has 4 aromatic carbocycles. The average molecular weight is 843 g/mol. The molecule has 0 atom stereocenters. The molecule has 4 heterocycles. The summed E-state index contributed by atoms with van der Waals surface area (Å²) in [7, 11) is 8.39. The van der Waals surface area contributed by atoms with Gasteiger partial charge in [-0.25, -0.2) is 9.13 Å². The Balaban J connectivity index is 0.867. The van der Waals surface area contributed by atoms with E-state index >= 15 is 0 Å². The number of rotatable bonds is 22. The van der Waals surface area contributed by atoms with Crippen molar-refractivity contribution in [3.05, 3.63) is 179 Å². The van der Waals surface area contributed by atoms with Gasteiger partial charge in [-0.2, -0.15) is 0 Å². The second-order valence-corrected chi connectivity index (χ2v) is 18.2. The van der Waals surface area contributed by atoms with Crippen molar-refractivity contribution in [2.45, 2.75) is 64.7 Å². The first-order valence-corrected chi connectivity index (χ1v) is 23.4. The van der Waals surface area contributed by atoms with Gasteiger partial charge >= 0.3 is 0 Å². The number of anilines is 4. The molecular weight excluding hydrogens is 773 g/mol. The van der Waals surface area contributed by atoms with Gasteiger partial charge in [-0.15, -0.1) is 0 Å². The van der Waals surface area contributed by atoms with Crippen LogP contribution in [-0.4, -0.2) is 83.9 Å². The number of fused-ring (bicyclic) bond motifs is 6. The maximum absolute atomic E-state index is 2.68. The van der Waals surface area contributed by atoms with Gasteiger partial charge in [0.15, 0.2) is 24.8 Å². The lowest BCUT2D eigenvalue weighted by Gasteiger charge is -2.45. The third kappa shape index (κ3) is 12.3. The van der Waals surface area contributed by atoms with Crippen LogP contribution < -0.4 is 28.7 Å². The van der Waals surface area contributed by atoms with E-state index in [-0.39, 0.29) is 0 Å². The Kier molecular flexibility index (Phi) is 15.1. The number of hydrogen-bond donors (Lipinski definition) is 0. The van der Waals surface area contributed by atoms with Crippen molar-refractivity contribution < 1.29 is 9.13 Å².